The topological polar surface area (TPSA) is 82.8 Å². The highest BCUT2D eigenvalue weighted by molar-refractivity contribution is 5.33. The van der Waals surface area contributed by atoms with E-state index in [-0.39, 0.29) is 0 Å². The molecule has 0 aliphatic rings. The van der Waals surface area contributed by atoms with Crippen molar-refractivity contribution in [1.29, 1.82) is 0 Å². The Balaban J connectivity index is 2.20. The van der Waals surface area contributed by atoms with Gasteiger partial charge in [0.25, 0.3) is 0 Å². The zero-order valence-corrected chi connectivity index (χ0v) is 9.47. The summed E-state index contributed by atoms with van der Waals surface area (Å²) in [5.74, 6) is 1.29. The van der Waals surface area contributed by atoms with Gasteiger partial charge in [-0.1, -0.05) is 23.7 Å². The van der Waals surface area contributed by atoms with E-state index in [1.165, 1.54) is 0 Å². The molecule has 2 N–H and O–H groups in total. The molecule has 0 bridgehead atoms. The zero-order chi connectivity index (χ0) is 11.5. The molecule has 6 heteroatoms. The summed E-state index contributed by atoms with van der Waals surface area (Å²) in [6, 6.07) is 1.88. The lowest BCUT2D eigenvalue weighted by atomic mass is 10.2. The highest BCUT2D eigenvalue weighted by atomic mass is 16.5. The number of aromatic nitrogens is 4. The fourth-order valence-electron chi connectivity index (χ4n) is 1.61. The maximum absolute atomic E-state index is 5.75. The van der Waals surface area contributed by atoms with Crippen LogP contribution in [0.2, 0.25) is 0 Å². The maximum Gasteiger partial charge on any atom is 0.169 e. The van der Waals surface area contributed by atoms with E-state index in [4.69, 9.17) is 10.3 Å². The second-order valence-electron chi connectivity index (χ2n) is 3.76. The number of hydrogen-bond acceptors (Lipinski definition) is 5. The van der Waals surface area contributed by atoms with Crippen LogP contribution in [0.5, 0.6) is 0 Å². The summed E-state index contributed by atoms with van der Waals surface area (Å²) in [7, 11) is 0. The molecule has 0 saturated carbocycles. The van der Waals surface area contributed by atoms with Gasteiger partial charge in [0.15, 0.2) is 5.82 Å². The SMILES string of the molecule is CCCc1c(N)nnn1Cc1cc(C)on1. The predicted octanol–water partition coefficient (Wildman–Crippen LogP) is 1.16. The molecule has 0 fully saturated rings. The van der Waals surface area contributed by atoms with Crippen molar-refractivity contribution < 1.29 is 4.52 Å². The van der Waals surface area contributed by atoms with E-state index in [2.05, 4.69) is 22.4 Å². The minimum absolute atomic E-state index is 0.502. The molecular formula is C10H15N5O. The molecule has 0 radical (unpaired) electrons. The molecule has 0 spiro atoms. The molecule has 6 nitrogen and oxygen atoms in total. The van der Waals surface area contributed by atoms with Crippen molar-refractivity contribution in [1.82, 2.24) is 20.2 Å². The molecule has 86 valence electrons. The minimum Gasteiger partial charge on any atom is -0.381 e. The average molecular weight is 221 g/mol. The van der Waals surface area contributed by atoms with E-state index in [1.807, 2.05) is 13.0 Å². The molecule has 0 saturated heterocycles. The van der Waals surface area contributed by atoms with Crippen molar-refractivity contribution in [3.63, 3.8) is 0 Å². The molecule has 0 aliphatic heterocycles. The quantitative estimate of drug-likeness (QED) is 0.837. The van der Waals surface area contributed by atoms with Crippen LogP contribution in [0.1, 0.15) is 30.5 Å². The first-order chi connectivity index (χ1) is 7.70. The Morgan fingerprint density at radius 3 is 2.94 bits per heavy atom. The summed E-state index contributed by atoms with van der Waals surface area (Å²) in [5.41, 5.74) is 7.54. The van der Waals surface area contributed by atoms with Gasteiger partial charge in [-0.15, -0.1) is 5.10 Å². The van der Waals surface area contributed by atoms with Gasteiger partial charge in [-0.2, -0.15) is 0 Å². The van der Waals surface area contributed by atoms with Crippen LogP contribution >= 0.6 is 0 Å². The van der Waals surface area contributed by atoms with Crippen LogP contribution < -0.4 is 5.73 Å². The number of rotatable bonds is 4. The van der Waals surface area contributed by atoms with Crippen LogP contribution in [0.15, 0.2) is 10.6 Å². The standard InChI is InChI=1S/C10H15N5O/c1-3-4-9-10(11)12-14-15(9)6-8-5-7(2)16-13-8/h5H,3-4,6,11H2,1-2H3. The number of hydrogen-bond donors (Lipinski definition) is 1. The third-order valence-electron chi connectivity index (χ3n) is 2.34. The van der Waals surface area contributed by atoms with E-state index < -0.39 is 0 Å². The zero-order valence-electron chi connectivity index (χ0n) is 9.47. The molecule has 2 heterocycles. The molecule has 2 rings (SSSR count). The van der Waals surface area contributed by atoms with E-state index in [9.17, 15) is 0 Å². The Morgan fingerprint density at radius 1 is 1.50 bits per heavy atom. The lowest BCUT2D eigenvalue weighted by Crippen LogP contribution is -2.07. The number of aryl methyl sites for hydroxylation is 1. The van der Waals surface area contributed by atoms with E-state index >= 15 is 0 Å². The van der Waals surface area contributed by atoms with Crippen LogP contribution in [-0.2, 0) is 13.0 Å². The van der Waals surface area contributed by atoms with Crippen molar-refractivity contribution in [2.75, 3.05) is 5.73 Å². The van der Waals surface area contributed by atoms with Crippen LogP contribution in [-0.4, -0.2) is 20.2 Å². The summed E-state index contributed by atoms with van der Waals surface area (Å²) in [6.45, 7) is 4.51. The fraction of sp³-hybridized carbons (Fsp3) is 0.500. The number of anilines is 1. The number of nitrogens with two attached hydrogens (primary N) is 1. The number of nitrogens with zero attached hydrogens (tertiary/aromatic N) is 4. The largest absolute Gasteiger partial charge is 0.381 e. The third kappa shape index (κ3) is 2.05. The second kappa shape index (κ2) is 4.34. The van der Waals surface area contributed by atoms with E-state index in [0.717, 1.165) is 30.0 Å². The van der Waals surface area contributed by atoms with Crippen LogP contribution in [0.3, 0.4) is 0 Å². The van der Waals surface area contributed by atoms with Crippen molar-refractivity contribution in [3.05, 3.63) is 23.2 Å². The Morgan fingerprint density at radius 2 is 2.31 bits per heavy atom. The van der Waals surface area contributed by atoms with Gasteiger partial charge in [0.05, 0.1) is 12.2 Å². The first-order valence-corrected chi connectivity index (χ1v) is 5.30. The maximum atomic E-state index is 5.75. The minimum atomic E-state index is 0.502. The summed E-state index contributed by atoms with van der Waals surface area (Å²) in [4.78, 5) is 0. The van der Waals surface area contributed by atoms with Gasteiger partial charge in [0, 0.05) is 6.07 Å². The van der Waals surface area contributed by atoms with Crippen molar-refractivity contribution in [2.24, 2.45) is 0 Å². The molecular weight excluding hydrogens is 206 g/mol. The van der Waals surface area contributed by atoms with Crippen molar-refractivity contribution in [3.8, 4) is 0 Å². The Hall–Kier alpha value is -1.85. The summed E-state index contributed by atoms with van der Waals surface area (Å²) < 4.78 is 6.77. The molecule has 0 aromatic carbocycles. The number of nitrogen functional groups attached to an aromatic ring is 1. The van der Waals surface area contributed by atoms with Gasteiger partial charge >= 0.3 is 0 Å². The normalized spacial score (nSPS) is 10.9. The van der Waals surface area contributed by atoms with Gasteiger partial charge in [-0.05, 0) is 13.3 Å². The molecule has 0 aliphatic carbocycles. The van der Waals surface area contributed by atoms with Crippen LogP contribution in [0.25, 0.3) is 0 Å². The molecule has 2 aromatic heterocycles. The van der Waals surface area contributed by atoms with Crippen molar-refractivity contribution >= 4 is 5.82 Å². The molecule has 16 heavy (non-hydrogen) atoms. The van der Waals surface area contributed by atoms with Gasteiger partial charge in [-0.25, -0.2) is 4.68 Å². The predicted molar refractivity (Wildman–Crippen MR) is 58.8 cm³/mol. The smallest absolute Gasteiger partial charge is 0.169 e. The summed E-state index contributed by atoms with van der Waals surface area (Å²) >= 11 is 0. The van der Waals surface area contributed by atoms with Gasteiger partial charge in [0.1, 0.15) is 11.5 Å². The third-order valence-corrected chi connectivity index (χ3v) is 2.34. The van der Waals surface area contributed by atoms with Crippen molar-refractivity contribution in [2.45, 2.75) is 33.2 Å². The highest BCUT2D eigenvalue weighted by Crippen LogP contribution is 2.12. The monoisotopic (exact) mass is 221 g/mol. The lowest BCUT2D eigenvalue weighted by molar-refractivity contribution is 0.387. The first kappa shape index (κ1) is 10.7. The van der Waals surface area contributed by atoms with Gasteiger partial charge in [-0.3, -0.25) is 0 Å². The van der Waals surface area contributed by atoms with E-state index in [0.29, 0.717) is 12.4 Å². The van der Waals surface area contributed by atoms with Crippen LogP contribution in [0.4, 0.5) is 5.82 Å². The Bertz CT molecular complexity index is 473. The van der Waals surface area contributed by atoms with Gasteiger partial charge in [0.2, 0.25) is 0 Å². The highest BCUT2D eigenvalue weighted by Gasteiger charge is 2.11. The van der Waals surface area contributed by atoms with Crippen LogP contribution in [0, 0.1) is 6.92 Å². The molecule has 0 atom stereocenters. The Kier molecular flexibility index (Phi) is 2.89. The molecule has 0 unspecified atom stereocenters. The van der Waals surface area contributed by atoms with E-state index in [1.54, 1.807) is 4.68 Å². The second-order valence-corrected chi connectivity index (χ2v) is 3.76. The molecule has 2 aromatic rings. The average Bonchev–Trinajstić information content (AvgIpc) is 2.79. The summed E-state index contributed by atoms with van der Waals surface area (Å²) in [6.07, 6.45) is 1.88. The fourth-order valence-corrected chi connectivity index (χ4v) is 1.61. The molecule has 0 amide bonds. The van der Waals surface area contributed by atoms with Gasteiger partial charge < -0.3 is 10.3 Å². The first-order valence-electron chi connectivity index (χ1n) is 5.30. The summed E-state index contributed by atoms with van der Waals surface area (Å²) in [5, 5.41) is 11.8. The lowest BCUT2D eigenvalue weighted by Gasteiger charge is -2.02. The Labute approximate surface area is 93.4 Å².